The minimum atomic E-state index is -0.211. The summed E-state index contributed by atoms with van der Waals surface area (Å²) in [7, 11) is 0. The topological polar surface area (TPSA) is 40.5 Å². The minimum absolute atomic E-state index is 0.166. The number of hydrogen-bond acceptors (Lipinski definition) is 3. The summed E-state index contributed by atoms with van der Waals surface area (Å²) in [4.78, 5) is 13.7. The van der Waals surface area contributed by atoms with E-state index in [4.69, 9.17) is 0 Å². The van der Waals surface area contributed by atoms with Gasteiger partial charge in [-0.15, -0.1) is 0 Å². The predicted octanol–water partition coefficient (Wildman–Crippen LogP) is 2.48. The van der Waals surface area contributed by atoms with E-state index >= 15 is 0 Å². The lowest BCUT2D eigenvalue weighted by atomic mass is 9.92. The molecule has 0 aromatic heterocycles. The molecule has 1 aliphatic carbocycles. The first kappa shape index (κ1) is 12.8. The molecule has 0 spiro atoms. The van der Waals surface area contributed by atoms with Gasteiger partial charge in [0, 0.05) is 12.6 Å². The molecule has 2 unspecified atom stereocenters. The Bertz CT molecular complexity index is 211. The van der Waals surface area contributed by atoms with Crippen LogP contribution in [0.1, 0.15) is 39.5 Å². The molecule has 1 rings (SSSR count). The number of aliphatic hydroxyl groups is 1. The summed E-state index contributed by atoms with van der Waals surface area (Å²) in [5.74, 6) is 0.824. The van der Waals surface area contributed by atoms with Crippen molar-refractivity contribution in [1.29, 1.82) is 0 Å². The van der Waals surface area contributed by atoms with Crippen molar-refractivity contribution in [3.63, 3.8) is 0 Å². The molecule has 3 nitrogen and oxygen atoms in total. The Morgan fingerprint density at radius 1 is 1.47 bits per heavy atom. The van der Waals surface area contributed by atoms with Gasteiger partial charge in [-0.1, -0.05) is 18.7 Å². The van der Waals surface area contributed by atoms with E-state index in [0.717, 1.165) is 38.0 Å². The Balaban J connectivity index is 2.52. The zero-order valence-electron chi connectivity index (χ0n) is 9.61. The second-order valence-electron chi connectivity index (χ2n) is 3.96. The maximum Gasteiger partial charge on any atom is 0.281 e. The molecule has 0 radical (unpaired) electrons. The molecule has 0 bridgehead atoms. The first-order chi connectivity index (χ1) is 7.19. The average molecular weight is 231 g/mol. The van der Waals surface area contributed by atoms with Crippen LogP contribution in [0.5, 0.6) is 0 Å². The van der Waals surface area contributed by atoms with Gasteiger partial charge >= 0.3 is 0 Å². The van der Waals surface area contributed by atoms with Gasteiger partial charge in [-0.3, -0.25) is 4.79 Å². The number of hydrogen-bond donors (Lipinski definition) is 1. The lowest BCUT2D eigenvalue weighted by Gasteiger charge is -2.35. The van der Waals surface area contributed by atoms with Gasteiger partial charge in [-0.2, -0.15) is 0 Å². The second-order valence-corrected chi connectivity index (χ2v) is 5.17. The molecule has 15 heavy (non-hydrogen) atoms. The van der Waals surface area contributed by atoms with Crippen LogP contribution in [0.4, 0.5) is 4.79 Å². The summed E-state index contributed by atoms with van der Waals surface area (Å²) < 4.78 is 0. The van der Waals surface area contributed by atoms with Gasteiger partial charge < -0.3 is 10.0 Å². The van der Waals surface area contributed by atoms with Gasteiger partial charge in [0.15, 0.2) is 0 Å². The molecule has 1 amide bonds. The van der Waals surface area contributed by atoms with E-state index in [0.29, 0.717) is 0 Å². The number of carbonyl (C=O) groups is 1. The SMILES string of the molecule is CCSC(=O)N(CC)C1CCCC(O)C1. The molecule has 0 saturated heterocycles. The lowest BCUT2D eigenvalue weighted by Crippen LogP contribution is -2.42. The standard InChI is InChI=1S/C11H21NO2S/c1-3-12(11(14)15-4-2)9-6-5-7-10(13)8-9/h9-10,13H,3-8H2,1-2H3. The van der Waals surface area contributed by atoms with Crippen LogP contribution in [0.3, 0.4) is 0 Å². The van der Waals surface area contributed by atoms with Gasteiger partial charge in [-0.25, -0.2) is 0 Å². The minimum Gasteiger partial charge on any atom is -0.393 e. The number of amides is 1. The van der Waals surface area contributed by atoms with Crippen molar-refractivity contribution in [3.8, 4) is 0 Å². The van der Waals surface area contributed by atoms with Crippen molar-refractivity contribution in [2.75, 3.05) is 12.3 Å². The van der Waals surface area contributed by atoms with Crippen molar-refractivity contribution in [2.24, 2.45) is 0 Å². The van der Waals surface area contributed by atoms with Crippen molar-refractivity contribution in [2.45, 2.75) is 51.7 Å². The van der Waals surface area contributed by atoms with Crippen LogP contribution in [0.2, 0.25) is 0 Å². The Morgan fingerprint density at radius 2 is 2.20 bits per heavy atom. The van der Waals surface area contributed by atoms with Gasteiger partial charge in [0.2, 0.25) is 0 Å². The third kappa shape index (κ3) is 3.68. The molecule has 88 valence electrons. The molecule has 1 saturated carbocycles. The van der Waals surface area contributed by atoms with Gasteiger partial charge in [0.25, 0.3) is 5.24 Å². The maximum absolute atomic E-state index is 11.8. The Labute approximate surface area is 96.2 Å². The van der Waals surface area contributed by atoms with E-state index in [1.54, 1.807) is 0 Å². The molecule has 0 aliphatic heterocycles. The summed E-state index contributed by atoms with van der Waals surface area (Å²) in [6.07, 6.45) is 3.51. The number of carbonyl (C=O) groups excluding carboxylic acids is 1. The Morgan fingerprint density at radius 3 is 2.73 bits per heavy atom. The first-order valence-corrected chi connectivity index (χ1v) is 6.79. The van der Waals surface area contributed by atoms with Crippen LogP contribution in [-0.2, 0) is 0 Å². The van der Waals surface area contributed by atoms with Gasteiger partial charge in [0.05, 0.1) is 6.10 Å². The zero-order chi connectivity index (χ0) is 11.3. The molecule has 0 aromatic rings. The smallest absolute Gasteiger partial charge is 0.281 e. The maximum atomic E-state index is 11.8. The van der Waals surface area contributed by atoms with Crippen molar-refractivity contribution in [3.05, 3.63) is 0 Å². The number of nitrogens with zero attached hydrogens (tertiary/aromatic N) is 1. The highest BCUT2D eigenvalue weighted by Crippen LogP contribution is 2.25. The van der Waals surface area contributed by atoms with Gasteiger partial charge in [0.1, 0.15) is 0 Å². The second kappa shape index (κ2) is 6.38. The summed E-state index contributed by atoms with van der Waals surface area (Å²) in [5.41, 5.74) is 0. The summed E-state index contributed by atoms with van der Waals surface area (Å²) >= 11 is 1.36. The quantitative estimate of drug-likeness (QED) is 0.811. The fourth-order valence-corrected chi connectivity index (χ4v) is 2.86. The van der Waals surface area contributed by atoms with Crippen LogP contribution in [0.25, 0.3) is 0 Å². The Kier molecular flexibility index (Phi) is 5.47. The van der Waals surface area contributed by atoms with Crippen LogP contribution >= 0.6 is 11.8 Å². The monoisotopic (exact) mass is 231 g/mol. The molecule has 1 aliphatic rings. The molecule has 1 N–H and O–H groups in total. The largest absolute Gasteiger partial charge is 0.393 e. The van der Waals surface area contributed by atoms with E-state index in [-0.39, 0.29) is 17.4 Å². The van der Waals surface area contributed by atoms with Crippen LogP contribution in [0.15, 0.2) is 0 Å². The van der Waals surface area contributed by atoms with Crippen LogP contribution in [0, 0.1) is 0 Å². The van der Waals surface area contributed by atoms with Crippen molar-refractivity contribution < 1.29 is 9.90 Å². The summed E-state index contributed by atoms with van der Waals surface area (Å²) in [6, 6.07) is 0.255. The summed E-state index contributed by atoms with van der Waals surface area (Å²) in [5, 5.41) is 9.76. The first-order valence-electron chi connectivity index (χ1n) is 5.80. The molecular weight excluding hydrogens is 210 g/mol. The predicted molar refractivity (Wildman–Crippen MR) is 64.2 cm³/mol. The average Bonchev–Trinajstić information content (AvgIpc) is 2.19. The van der Waals surface area contributed by atoms with Crippen LogP contribution < -0.4 is 0 Å². The van der Waals surface area contributed by atoms with E-state index in [1.807, 2.05) is 18.7 Å². The van der Waals surface area contributed by atoms with E-state index in [9.17, 15) is 9.90 Å². The zero-order valence-corrected chi connectivity index (χ0v) is 10.4. The van der Waals surface area contributed by atoms with Crippen molar-refractivity contribution >= 4 is 17.0 Å². The fraction of sp³-hybridized carbons (Fsp3) is 0.909. The molecular formula is C11H21NO2S. The highest BCUT2D eigenvalue weighted by atomic mass is 32.2. The Hall–Kier alpha value is -0.220. The normalized spacial score (nSPS) is 26.3. The van der Waals surface area contributed by atoms with E-state index in [2.05, 4.69) is 0 Å². The highest BCUT2D eigenvalue weighted by Gasteiger charge is 2.27. The third-order valence-corrected chi connectivity index (χ3v) is 3.67. The molecule has 2 atom stereocenters. The van der Waals surface area contributed by atoms with E-state index in [1.165, 1.54) is 11.8 Å². The molecule has 4 heteroatoms. The van der Waals surface area contributed by atoms with Crippen molar-refractivity contribution in [1.82, 2.24) is 4.90 Å². The highest BCUT2D eigenvalue weighted by molar-refractivity contribution is 8.13. The number of thioether (sulfide) groups is 1. The molecule has 1 fully saturated rings. The number of aliphatic hydroxyl groups excluding tert-OH is 1. The molecule has 0 aromatic carbocycles. The number of rotatable bonds is 3. The van der Waals surface area contributed by atoms with E-state index < -0.39 is 0 Å². The lowest BCUT2D eigenvalue weighted by molar-refractivity contribution is 0.0814. The summed E-state index contributed by atoms with van der Waals surface area (Å²) in [6.45, 7) is 4.75. The van der Waals surface area contributed by atoms with Gasteiger partial charge in [-0.05, 0) is 38.4 Å². The third-order valence-electron chi connectivity index (χ3n) is 2.90. The molecule has 0 heterocycles. The fourth-order valence-electron chi connectivity index (χ4n) is 2.16. The van der Waals surface area contributed by atoms with Crippen LogP contribution in [-0.4, -0.2) is 39.7 Å².